The number of ether oxygens (including phenoxy) is 1. The van der Waals surface area contributed by atoms with E-state index in [0.29, 0.717) is 32.5 Å². The summed E-state index contributed by atoms with van der Waals surface area (Å²) >= 11 is 0. The number of piperidine rings is 1. The molecule has 0 saturated carbocycles. The average Bonchev–Trinajstić information content (AvgIpc) is 3.25. The Balaban J connectivity index is 1.51. The molecule has 0 radical (unpaired) electrons. The first-order valence-electron chi connectivity index (χ1n) is 10.7. The van der Waals surface area contributed by atoms with Crippen LogP contribution < -0.4 is 0 Å². The molecule has 0 aliphatic carbocycles. The van der Waals surface area contributed by atoms with Gasteiger partial charge in [-0.2, -0.15) is 5.10 Å². The summed E-state index contributed by atoms with van der Waals surface area (Å²) in [4.78, 5) is 30.4. The molecule has 7 nitrogen and oxygen atoms in total. The molecule has 32 heavy (non-hydrogen) atoms. The highest BCUT2D eigenvalue weighted by molar-refractivity contribution is 5.93. The first-order chi connectivity index (χ1) is 15.6. The zero-order chi connectivity index (χ0) is 22.3. The number of nitrogens with zero attached hydrogens (tertiary/aromatic N) is 4. The van der Waals surface area contributed by atoms with Crippen LogP contribution in [0.5, 0.6) is 0 Å². The summed E-state index contributed by atoms with van der Waals surface area (Å²) in [5.41, 5.74) is 3.67. The SMILES string of the molecule is COC(=O)C1CCN(C(=O)C=Cc2cn(Cc3ccccc3)nc2-c2cccnc2)CC1. The maximum atomic E-state index is 12.7. The van der Waals surface area contributed by atoms with Gasteiger partial charge in [0, 0.05) is 48.9 Å². The van der Waals surface area contributed by atoms with E-state index in [2.05, 4.69) is 17.1 Å². The van der Waals surface area contributed by atoms with Crippen molar-refractivity contribution in [1.82, 2.24) is 19.7 Å². The predicted octanol–water partition coefficient (Wildman–Crippen LogP) is 3.42. The van der Waals surface area contributed by atoms with E-state index in [9.17, 15) is 9.59 Å². The average molecular weight is 431 g/mol. The van der Waals surface area contributed by atoms with Gasteiger partial charge >= 0.3 is 5.97 Å². The van der Waals surface area contributed by atoms with Crippen LogP contribution in [-0.4, -0.2) is 51.7 Å². The minimum absolute atomic E-state index is 0.0683. The van der Waals surface area contributed by atoms with Crippen molar-refractivity contribution in [2.45, 2.75) is 19.4 Å². The number of pyridine rings is 1. The van der Waals surface area contributed by atoms with Crippen LogP contribution in [0, 0.1) is 5.92 Å². The molecular weight excluding hydrogens is 404 g/mol. The van der Waals surface area contributed by atoms with Gasteiger partial charge in [-0.05, 0) is 36.6 Å². The van der Waals surface area contributed by atoms with Crippen molar-refractivity contribution in [1.29, 1.82) is 0 Å². The number of hydrogen-bond donors (Lipinski definition) is 0. The lowest BCUT2D eigenvalue weighted by Crippen LogP contribution is -2.39. The first-order valence-corrected chi connectivity index (χ1v) is 10.7. The van der Waals surface area contributed by atoms with Crippen molar-refractivity contribution in [3.63, 3.8) is 0 Å². The topological polar surface area (TPSA) is 77.3 Å². The Hall–Kier alpha value is -3.74. The van der Waals surface area contributed by atoms with E-state index in [1.54, 1.807) is 23.4 Å². The summed E-state index contributed by atoms with van der Waals surface area (Å²) in [6.07, 6.45) is 10.1. The Morgan fingerprint density at radius 2 is 1.91 bits per heavy atom. The van der Waals surface area contributed by atoms with Crippen LogP contribution in [0.4, 0.5) is 0 Å². The van der Waals surface area contributed by atoms with E-state index in [0.717, 1.165) is 22.4 Å². The van der Waals surface area contributed by atoms with Crippen molar-refractivity contribution >= 4 is 18.0 Å². The molecule has 0 spiro atoms. The normalized spacial score (nSPS) is 14.6. The van der Waals surface area contributed by atoms with E-state index >= 15 is 0 Å². The fraction of sp³-hybridized carbons (Fsp3) is 0.280. The second-order valence-corrected chi connectivity index (χ2v) is 7.81. The Labute approximate surface area is 187 Å². The number of esters is 1. The maximum Gasteiger partial charge on any atom is 0.308 e. The van der Waals surface area contributed by atoms with Gasteiger partial charge in [0.05, 0.1) is 19.6 Å². The molecule has 3 heterocycles. The molecule has 1 aliphatic rings. The summed E-state index contributed by atoms with van der Waals surface area (Å²) in [5.74, 6) is -0.387. The number of amides is 1. The smallest absolute Gasteiger partial charge is 0.308 e. The van der Waals surface area contributed by atoms with Crippen molar-refractivity contribution < 1.29 is 14.3 Å². The van der Waals surface area contributed by atoms with Crippen LogP contribution in [0.15, 0.2) is 67.1 Å². The Morgan fingerprint density at radius 1 is 1.12 bits per heavy atom. The van der Waals surface area contributed by atoms with Gasteiger partial charge in [-0.3, -0.25) is 19.3 Å². The Morgan fingerprint density at radius 3 is 2.59 bits per heavy atom. The van der Waals surface area contributed by atoms with Gasteiger partial charge in [-0.25, -0.2) is 0 Å². The Kier molecular flexibility index (Phi) is 6.75. The van der Waals surface area contributed by atoms with Crippen LogP contribution in [-0.2, 0) is 20.9 Å². The summed E-state index contributed by atoms with van der Waals surface area (Å²) in [6, 6.07) is 13.9. The van der Waals surface area contributed by atoms with Gasteiger partial charge in [0.15, 0.2) is 0 Å². The zero-order valence-electron chi connectivity index (χ0n) is 18.1. The summed E-state index contributed by atoms with van der Waals surface area (Å²) in [6.45, 7) is 1.73. The number of aromatic nitrogens is 3. The zero-order valence-corrected chi connectivity index (χ0v) is 18.1. The molecule has 0 bridgehead atoms. The van der Waals surface area contributed by atoms with E-state index in [1.807, 2.05) is 47.3 Å². The highest BCUT2D eigenvalue weighted by atomic mass is 16.5. The lowest BCUT2D eigenvalue weighted by Gasteiger charge is -2.29. The molecule has 4 rings (SSSR count). The molecule has 0 unspecified atom stereocenters. The Bertz CT molecular complexity index is 1080. The van der Waals surface area contributed by atoms with E-state index in [1.165, 1.54) is 7.11 Å². The highest BCUT2D eigenvalue weighted by Gasteiger charge is 2.27. The van der Waals surface area contributed by atoms with Crippen molar-refractivity contribution in [2.24, 2.45) is 5.92 Å². The lowest BCUT2D eigenvalue weighted by molar-refractivity contribution is -0.148. The van der Waals surface area contributed by atoms with Crippen molar-refractivity contribution in [3.05, 3.63) is 78.3 Å². The molecule has 1 fully saturated rings. The summed E-state index contributed by atoms with van der Waals surface area (Å²) in [5, 5.41) is 4.75. The fourth-order valence-electron chi connectivity index (χ4n) is 3.91. The predicted molar refractivity (Wildman–Crippen MR) is 121 cm³/mol. The third-order valence-corrected chi connectivity index (χ3v) is 5.66. The van der Waals surface area contributed by atoms with E-state index in [4.69, 9.17) is 9.84 Å². The van der Waals surface area contributed by atoms with Crippen molar-refractivity contribution in [2.75, 3.05) is 20.2 Å². The minimum atomic E-state index is -0.195. The number of likely N-dealkylation sites (tertiary alicyclic amines) is 1. The maximum absolute atomic E-state index is 12.7. The van der Waals surface area contributed by atoms with Crippen LogP contribution in [0.1, 0.15) is 24.0 Å². The molecule has 7 heteroatoms. The second-order valence-electron chi connectivity index (χ2n) is 7.81. The molecule has 1 aromatic carbocycles. The molecule has 1 aliphatic heterocycles. The van der Waals surface area contributed by atoms with Gasteiger partial charge in [0.1, 0.15) is 5.69 Å². The number of carbonyl (C=O) groups excluding carboxylic acids is 2. The molecule has 0 atom stereocenters. The molecule has 1 saturated heterocycles. The van der Waals surface area contributed by atoms with Gasteiger partial charge in [0.25, 0.3) is 0 Å². The van der Waals surface area contributed by atoms with Gasteiger partial charge < -0.3 is 9.64 Å². The molecule has 2 aromatic heterocycles. The number of methoxy groups -OCH3 is 1. The van der Waals surface area contributed by atoms with Crippen molar-refractivity contribution in [3.8, 4) is 11.3 Å². The minimum Gasteiger partial charge on any atom is -0.469 e. The fourth-order valence-corrected chi connectivity index (χ4v) is 3.91. The van der Waals surface area contributed by atoms with Gasteiger partial charge in [-0.1, -0.05) is 30.3 Å². The summed E-state index contributed by atoms with van der Waals surface area (Å²) < 4.78 is 6.70. The molecule has 1 amide bonds. The number of carbonyl (C=O) groups is 2. The molecule has 0 N–H and O–H groups in total. The van der Waals surface area contributed by atoms with Gasteiger partial charge in [-0.15, -0.1) is 0 Å². The van der Waals surface area contributed by atoms with E-state index in [-0.39, 0.29) is 17.8 Å². The first kappa shape index (κ1) is 21.5. The van der Waals surface area contributed by atoms with Crippen LogP contribution in [0.25, 0.3) is 17.3 Å². The van der Waals surface area contributed by atoms with Crippen LogP contribution in [0.3, 0.4) is 0 Å². The second kappa shape index (κ2) is 10.0. The third-order valence-electron chi connectivity index (χ3n) is 5.66. The van der Waals surface area contributed by atoms with Crippen LogP contribution >= 0.6 is 0 Å². The standard InChI is InChI=1S/C25H26N4O3/c1-32-25(31)20-11-14-28(15-12-20)23(30)10-9-22-18-29(17-19-6-3-2-4-7-19)27-24(22)21-8-5-13-26-16-21/h2-10,13,16,18,20H,11-12,14-15,17H2,1H3. The third kappa shape index (κ3) is 5.11. The number of rotatable bonds is 6. The molecule has 3 aromatic rings. The number of hydrogen-bond acceptors (Lipinski definition) is 5. The monoisotopic (exact) mass is 430 g/mol. The largest absolute Gasteiger partial charge is 0.469 e. The van der Waals surface area contributed by atoms with Gasteiger partial charge in [0.2, 0.25) is 5.91 Å². The van der Waals surface area contributed by atoms with Crippen LogP contribution in [0.2, 0.25) is 0 Å². The molecular formula is C25H26N4O3. The lowest BCUT2D eigenvalue weighted by atomic mass is 9.97. The highest BCUT2D eigenvalue weighted by Crippen LogP contribution is 2.24. The summed E-state index contributed by atoms with van der Waals surface area (Å²) in [7, 11) is 1.40. The quantitative estimate of drug-likeness (QED) is 0.442. The number of benzene rings is 1. The molecule has 164 valence electrons. The van der Waals surface area contributed by atoms with E-state index < -0.39 is 0 Å².